The Morgan fingerprint density at radius 3 is 2.68 bits per heavy atom. The Kier molecular flexibility index (Phi) is 3.68. The number of urea groups is 1. The number of likely N-dealkylation sites (tertiary alicyclic amines) is 1. The Hall–Kier alpha value is -2.12. The first kappa shape index (κ1) is 13.3. The van der Waals surface area contributed by atoms with E-state index in [1.807, 2.05) is 0 Å². The van der Waals surface area contributed by atoms with Crippen molar-refractivity contribution >= 4 is 23.8 Å². The Bertz CT molecular complexity index is 420. The number of piperidine rings is 1. The number of rotatable bonds is 3. The van der Waals surface area contributed by atoms with E-state index in [2.05, 4.69) is 5.32 Å². The van der Waals surface area contributed by atoms with E-state index in [9.17, 15) is 19.2 Å². The molecule has 0 aromatic heterocycles. The molecule has 2 heterocycles. The van der Waals surface area contributed by atoms with Crippen LogP contribution in [0.5, 0.6) is 0 Å². The van der Waals surface area contributed by atoms with Gasteiger partial charge in [0.2, 0.25) is 5.91 Å². The van der Waals surface area contributed by atoms with Gasteiger partial charge in [0.15, 0.2) is 0 Å². The van der Waals surface area contributed by atoms with Gasteiger partial charge in [0.05, 0.1) is 12.5 Å². The van der Waals surface area contributed by atoms with Crippen LogP contribution in [-0.2, 0) is 14.4 Å². The predicted octanol–water partition coefficient (Wildman–Crippen LogP) is -1.14. The molecule has 1 atom stereocenters. The van der Waals surface area contributed by atoms with Gasteiger partial charge >= 0.3 is 12.0 Å². The number of carboxylic acids is 1. The largest absolute Gasteiger partial charge is 0.481 e. The Labute approximate surface area is 109 Å². The first-order valence-electron chi connectivity index (χ1n) is 6.08. The lowest BCUT2D eigenvalue weighted by Gasteiger charge is -2.31. The summed E-state index contributed by atoms with van der Waals surface area (Å²) in [6, 6.07) is -0.579. The monoisotopic (exact) mass is 269 g/mol. The van der Waals surface area contributed by atoms with Crippen LogP contribution in [0.4, 0.5) is 4.79 Å². The van der Waals surface area contributed by atoms with Crippen LogP contribution in [0.25, 0.3) is 0 Å². The van der Waals surface area contributed by atoms with Gasteiger partial charge in [-0.2, -0.15) is 0 Å². The minimum Gasteiger partial charge on any atom is -0.481 e. The first-order chi connectivity index (χ1) is 8.99. The van der Waals surface area contributed by atoms with Gasteiger partial charge in [0.25, 0.3) is 5.91 Å². The van der Waals surface area contributed by atoms with Crippen molar-refractivity contribution < 1.29 is 24.3 Å². The van der Waals surface area contributed by atoms with E-state index < -0.39 is 29.7 Å². The van der Waals surface area contributed by atoms with Gasteiger partial charge in [-0.25, -0.2) is 4.79 Å². The number of imide groups is 1. The molecule has 0 spiro atoms. The molecule has 0 aromatic carbocycles. The van der Waals surface area contributed by atoms with Crippen molar-refractivity contribution in [2.45, 2.75) is 12.8 Å². The maximum atomic E-state index is 12.0. The lowest BCUT2D eigenvalue weighted by molar-refractivity contribution is -0.146. The van der Waals surface area contributed by atoms with Crippen LogP contribution >= 0.6 is 0 Å². The molecular formula is C11H15N3O5. The second-order valence-electron chi connectivity index (χ2n) is 4.66. The molecule has 1 unspecified atom stereocenters. The molecule has 2 aliphatic rings. The molecular weight excluding hydrogens is 254 g/mol. The summed E-state index contributed by atoms with van der Waals surface area (Å²) in [6.07, 6.45) is 1.16. The van der Waals surface area contributed by atoms with Gasteiger partial charge in [0.1, 0.15) is 6.54 Å². The first-order valence-corrected chi connectivity index (χ1v) is 6.08. The van der Waals surface area contributed by atoms with E-state index in [1.165, 1.54) is 4.90 Å². The number of hydrogen-bond acceptors (Lipinski definition) is 4. The summed E-state index contributed by atoms with van der Waals surface area (Å²) in [5, 5.41) is 11.3. The zero-order valence-corrected chi connectivity index (χ0v) is 10.3. The molecule has 104 valence electrons. The molecule has 0 aromatic rings. The van der Waals surface area contributed by atoms with E-state index in [1.54, 1.807) is 0 Å². The highest BCUT2D eigenvalue weighted by molar-refractivity contribution is 6.04. The third-order valence-electron chi connectivity index (χ3n) is 3.35. The third-order valence-corrected chi connectivity index (χ3v) is 3.35. The number of amides is 4. The molecule has 2 rings (SSSR count). The maximum Gasteiger partial charge on any atom is 0.325 e. The van der Waals surface area contributed by atoms with Crippen LogP contribution in [0.15, 0.2) is 0 Å². The summed E-state index contributed by atoms with van der Waals surface area (Å²) < 4.78 is 0. The number of hydrogen-bond donors (Lipinski definition) is 2. The van der Waals surface area contributed by atoms with Gasteiger partial charge in [-0.15, -0.1) is 0 Å². The van der Waals surface area contributed by atoms with E-state index in [4.69, 9.17) is 5.11 Å². The standard InChI is InChI=1S/C11H15N3O5/c15-8-4-12-11(19)14(8)6-9(16)13-3-1-2-7(5-13)10(17)18/h7H,1-6H2,(H,12,19)(H,17,18). The number of aliphatic carboxylic acids is 1. The van der Waals surface area contributed by atoms with Crippen molar-refractivity contribution in [3.63, 3.8) is 0 Å². The molecule has 2 fully saturated rings. The molecule has 2 saturated heterocycles. The highest BCUT2D eigenvalue weighted by Crippen LogP contribution is 2.17. The van der Waals surface area contributed by atoms with Crippen LogP contribution in [-0.4, -0.2) is 64.9 Å². The van der Waals surface area contributed by atoms with Gasteiger partial charge in [-0.3, -0.25) is 19.3 Å². The summed E-state index contributed by atoms with van der Waals surface area (Å²) in [7, 11) is 0. The molecule has 0 saturated carbocycles. The second-order valence-corrected chi connectivity index (χ2v) is 4.66. The van der Waals surface area contributed by atoms with E-state index >= 15 is 0 Å². The van der Waals surface area contributed by atoms with Crippen molar-refractivity contribution in [1.29, 1.82) is 0 Å². The zero-order chi connectivity index (χ0) is 14.0. The van der Waals surface area contributed by atoms with Crippen molar-refractivity contribution in [3.8, 4) is 0 Å². The highest BCUT2D eigenvalue weighted by Gasteiger charge is 2.34. The fourth-order valence-corrected chi connectivity index (χ4v) is 2.26. The minimum absolute atomic E-state index is 0.0934. The van der Waals surface area contributed by atoms with Gasteiger partial charge in [0, 0.05) is 13.1 Å². The van der Waals surface area contributed by atoms with Gasteiger partial charge in [-0.1, -0.05) is 0 Å². The Morgan fingerprint density at radius 1 is 1.37 bits per heavy atom. The van der Waals surface area contributed by atoms with Crippen LogP contribution in [0.3, 0.4) is 0 Å². The zero-order valence-electron chi connectivity index (χ0n) is 10.3. The molecule has 8 heteroatoms. The van der Waals surface area contributed by atoms with E-state index in [0.717, 1.165) is 4.90 Å². The van der Waals surface area contributed by atoms with Crippen molar-refractivity contribution in [2.24, 2.45) is 5.92 Å². The van der Waals surface area contributed by atoms with Crippen LogP contribution < -0.4 is 5.32 Å². The average molecular weight is 269 g/mol. The van der Waals surface area contributed by atoms with Gasteiger partial charge < -0.3 is 15.3 Å². The van der Waals surface area contributed by atoms with Crippen LogP contribution in [0.2, 0.25) is 0 Å². The molecule has 19 heavy (non-hydrogen) atoms. The number of carbonyl (C=O) groups is 4. The molecule has 2 aliphatic heterocycles. The summed E-state index contributed by atoms with van der Waals surface area (Å²) in [6.45, 7) is 0.185. The summed E-state index contributed by atoms with van der Waals surface area (Å²) in [4.78, 5) is 47.8. The number of carbonyl (C=O) groups excluding carboxylic acids is 3. The quantitative estimate of drug-likeness (QED) is 0.630. The van der Waals surface area contributed by atoms with Gasteiger partial charge in [-0.05, 0) is 12.8 Å². The minimum atomic E-state index is -0.924. The van der Waals surface area contributed by atoms with Crippen molar-refractivity contribution in [2.75, 3.05) is 26.2 Å². The highest BCUT2D eigenvalue weighted by atomic mass is 16.4. The smallest absolute Gasteiger partial charge is 0.325 e. The number of nitrogens with zero attached hydrogens (tertiary/aromatic N) is 2. The van der Waals surface area contributed by atoms with E-state index in [0.29, 0.717) is 19.4 Å². The second kappa shape index (κ2) is 5.25. The lowest BCUT2D eigenvalue weighted by Crippen LogP contribution is -2.47. The van der Waals surface area contributed by atoms with E-state index in [-0.39, 0.29) is 19.6 Å². The molecule has 8 nitrogen and oxygen atoms in total. The van der Waals surface area contributed by atoms with Crippen LogP contribution in [0.1, 0.15) is 12.8 Å². The summed E-state index contributed by atoms with van der Waals surface area (Å²) >= 11 is 0. The summed E-state index contributed by atoms with van der Waals surface area (Å²) in [5.74, 6) is -2.32. The number of nitrogens with one attached hydrogen (secondary N) is 1. The molecule has 4 amide bonds. The lowest BCUT2D eigenvalue weighted by atomic mass is 9.98. The summed E-state index contributed by atoms with van der Waals surface area (Å²) in [5.41, 5.74) is 0. The molecule has 0 aliphatic carbocycles. The maximum absolute atomic E-state index is 12.0. The molecule has 0 bridgehead atoms. The number of carboxylic acid groups (broad SMARTS) is 1. The normalized spacial score (nSPS) is 23.5. The Balaban J connectivity index is 1.94. The molecule has 2 N–H and O–H groups in total. The predicted molar refractivity (Wildman–Crippen MR) is 62.1 cm³/mol. The van der Waals surface area contributed by atoms with Crippen LogP contribution in [0, 0.1) is 5.92 Å². The fraction of sp³-hybridized carbons (Fsp3) is 0.636. The average Bonchev–Trinajstić information content (AvgIpc) is 2.70. The third kappa shape index (κ3) is 2.83. The van der Waals surface area contributed by atoms with Crippen molar-refractivity contribution in [3.05, 3.63) is 0 Å². The SMILES string of the molecule is O=C(O)C1CCCN(C(=O)CN2C(=O)CNC2=O)C1. The van der Waals surface area contributed by atoms with Crippen molar-refractivity contribution in [1.82, 2.24) is 15.1 Å². The fourth-order valence-electron chi connectivity index (χ4n) is 2.26. The molecule has 0 radical (unpaired) electrons. The topological polar surface area (TPSA) is 107 Å². The Morgan fingerprint density at radius 2 is 2.11 bits per heavy atom.